The summed E-state index contributed by atoms with van der Waals surface area (Å²) in [4.78, 5) is 12.2. The molecule has 0 aromatic heterocycles. The zero-order valence-electron chi connectivity index (χ0n) is 13.9. The molecule has 0 saturated heterocycles. The molecule has 0 saturated carbocycles. The maximum absolute atomic E-state index is 12.2. The quantitative estimate of drug-likeness (QED) is 0.703. The second-order valence-electron chi connectivity index (χ2n) is 6.70. The zero-order chi connectivity index (χ0) is 17.3. The van der Waals surface area contributed by atoms with E-state index in [1.807, 2.05) is 24.3 Å². The maximum atomic E-state index is 12.2. The first-order chi connectivity index (χ1) is 11.3. The Morgan fingerprint density at radius 1 is 1.12 bits per heavy atom. The van der Waals surface area contributed by atoms with Gasteiger partial charge in [-0.05, 0) is 35.2 Å². The minimum Gasteiger partial charge on any atom is -0.457 e. The first-order valence-electron chi connectivity index (χ1n) is 7.70. The summed E-state index contributed by atoms with van der Waals surface area (Å²) in [5.74, 6) is 1.01. The molecule has 3 rings (SSSR count). The molecule has 1 aliphatic rings. The van der Waals surface area contributed by atoms with Gasteiger partial charge in [0.2, 0.25) is 6.79 Å². The molecule has 2 aromatic carbocycles. The number of ether oxygens (including phenoxy) is 3. The zero-order valence-corrected chi connectivity index (χ0v) is 15.5. The number of carbonyl (C=O) groups is 1. The smallest absolute Gasteiger partial charge is 0.338 e. The Labute approximate surface area is 149 Å². The van der Waals surface area contributed by atoms with Gasteiger partial charge in [-0.3, -0.25) is 0 Å². The number of benzene rings is 2. The van der Waals surface area contributed by atoms with Gasteiger partial charge >= 0.3 is 5.97 Å². The Balaban J connectivity index is 1.68. The van der Waals surface area contributed by atoms with E-state index in [0.29, 0.717) is 17.1 Å². The summed E-state index contributed by atoms with van der Waals surface area (Å²) < 4.78 is 16.9. The first-order valence-corrected chi connectivity index (χ1v) is 8.49. The van der Waals surface area contributed by atoms with Gasteiger partial charge in [0.1, 0.15) is 6.61 Å². The molecular formula is C19H19BrO4. The van der Waals surface area contributed by atoms with E-state index in [2.05, 4.69) is 36.7 Å². The fourth-order valence-electron chi connectivity index (χ4n) is 2.40. The highest BCUT2D eigenvalue weighted by molar-refractivity contribution is 9.10. The van der Waals surface area contributed by atoms with Crippen LogP contribution in [0.15, 0.2) is 40.9 Å². The van der Waals surface area contributed by atoms with Gasteiger partial charge in [0.25, 0.3) is 0 Å². The van der Waals surface area contributed by atoms with E-state index in [1.165, 1.54) is 5.56 Å². The van der Waals surface area contributed by atoms with E-state index in [4.69, 9.17) is 14.2 Å². The molecular weight excluding hydrogens is 372 g/mol. The second kappa shape index (κ2) is 6.48. The normalized spacial score (nSPS) is 13.0. The Hall–Kier alpha value is -2.01. The Bertz CT molecular complexity index is 760. The summed E-state index contributed by atoms with van der Waals surface area (Å²) >= 11 is 3.46. The van der Waals surface area contributed by atoms with Crippen molar-refractivity contribution >= 4 is 21.9 Å². The molecule has 0 N–H and O–H groups in total. The van der Waals surface area contributed by atoms with Gasteiger partial charge in [-0.15, -0.1) is 0 Å². The van der Waals surface area contributed by atoms with Crippen molar-refractivity contribution < 1.29 is 19.0 Å². The summed E-state index contributed by atoms with van der Waals surface area (Å²) in [5.41, 5.74) is 2.61. The van der Waals surface area contributed by atoms with E-state index >= 15 is 0 Å². The van der Waals surface area contributed by atoms with Crippen LogP contribution in [0.2, 0.25) is 0 Å². The number of fused-ring (bicyclic) bond motifs is 1. The summed E-state index contributed by atoms with van der Waals surface area (Å²) in [7, 11) is 0. The second-order valence-corrected chi connectivity index (χ2v) is 7.55. The molecule has 1 heterocycles. The number of hydrogen-bond donors (Lipinski definition) is 0. The third-order valence-corrected chi connectivity index (χ3v) is 4.63. The minimum atomic E-state index is -0.347. The average molecular weight is 391 g/mol. The summed E-state index contributed by atoms with van der Waals surface area (Å²) in [6, 6.07) is 11.2. The van der Waals surface area contributed by atoms with Crippen molar-refractivity contribution in [2.45, 2.75) is 32.8 Å². The lowest BCUT2D eigenvalue weighted by Crippen LogP contribution is -2.12. The molecule has 0 unspecified atom stereocenters. The molecule has 2 aromatic rings. The molecule has 0 aliphatic carbocycles. The summed E-state index contributed by atoms with van der Waals surface area (Å²) in [6.07, 6.45) is 0. The van der Waals surface area contributed by atoms with Crippen molar-refractivity contribution in [3.05, 3.63) is 57.6 Å². The third kappa shape index (κ3) is 3.56. The molecule has 126 valence electrons. The fraction of sp³-hybridized carbons (Fsp3) is 0.316. The largest absolute Gasteiger partial charge is 0.457 e. The predicted octanol–water partition coefficient (Wildman–Crippen LogP) is 4.83. The van der Waals surface area contributed by atoms with Crippen LogP contribution in [0.3, 0.4) is 0 Å². The maximum Gasteiger partial charge on any atom is 0.338 e. The van der Waals surface area contributed by atoms with Crippen LogP contribution in [0.4, 0.5) is 0 Å². The molecule has 0 spiro atoms. The SMILES string of the molecule is CC(C)(C)c1ccc(C(=O)OCc2cc3c(cc2Br)OCO3)cc1. The Morgan fingerprint density at radius 3 is 2.38 bits per heavy atom. The first kappa shape index (κ1) is 16.8. The average Bonchev–Trinajstić information content (AvgIpc) is 2.98. The highest BCUT2D eigenvalue weighted by atomic mass is 79.9. The van der Waals surface area contributed by atoms with Crippen LogP contribution < -0.4 is 9.47 Å². The van der Waals surface area contributed by atoms with E-state index in [1.54, 1.807) is 12.1 Å². The predicted molar refractivity (Wildman–Crippen MR) is 94.5 cm³/mol. The summed E-state index contributed by atoms with van der Waals surface area (Å²) in [5, 5.41) is 0. The van der Waals surface area contributed by atoms with Gasteiger partial charge in [-0.25, -0.2) is 4.79 Å². The third-order valence-electron chi connectivity index (χ3n) is 3.89. The topological polar surface area (TPSA) is 44.8 Å². The number of halogens is 1. The van der Waals surface area contributed by atoms with Gasteiger partial charge in [-0.1, -0.05) is 48.8 Å². The number of hydrogen-bond acceptors (Lipinski definition) is 4. The van der Waals surface area contributed by atoms with Crippen molar-refractivity contribution in [1.82, 2.24) is 0 Å². The number of carbonyl (C=O) groups excluding carboxylic acids is 1. The Kier molecular flexibility index (Phi) is 4.54. The number of rotatable bonds is 3. The van der Waals surface area contributed by atoms with Gasteiger partial charge < -0.3 is 14.2 Å². The lowest BCUT2D eigenvalue weighted by atomic mass is 9.87. The van der Waals surface area contributed by atoms with Crippen LogP contribution in [0.5, 0.6) is 11.5 Å². The van der Waals surface area contributed by atoms with Gasteiger partial charge in [0.15, 0.2) is 11.5 Å². The van der Waals surface area contributed by atoms with Crippen molar-refractivity contribution in [1.29, 1.82) is 0 Å². The van der Waals surface area contributed by atoms with Gasteiger partial charge in [0.05, 0.1) is 5.56 Å². The Morgan fingerprint density at radius 2 is 1.75 bits per heavy atom. The molecule has 4 nitrogen and oxygen atoms in total. The van der Waals surface area contributed by atoms with Crippen LogP contribution in [-0.4, -0.2) is 12.8 Å². The molecule has 0 bridgehead atoms. The standard InChI is InChI=1S/C19H19BrO4/c1-19(2,3)14-6-4-12(5-7-14)18(21)22-10-13-8-16-17(9-15(13)20)24-11-23-16/h4-9H,10-11H2,1-3H3. The molecule has 0 radical (unpaired) electrons. The lowest BCUT2D eigenvalue weighted by molar-refractivity contribution is 0.0471. The van der Waals surface area contributed by atoms with E-state index in [0.717, 1.165) is 10.0 Å². The number of esters is 1. The summed E-state index contributed by atoms with van der Waals surface area (Å²) in [6.45, 7) is 6.79. The van der Waals surface area contributed by atoms with Crippen LogP contribution in [0, 0.1) is 0 Å². The molecule has 1 aliphatic heterocycles. The lowest BCUT2D eigenvalue weighted by Gasteiger charge is -2.19. The minimum absolute atomic E-state index is 0.0553. The molecule has 0 fully saturated rings. The van der Waals surface area contributed by atoms with Crippen LogP contribution in [-0.2, 0) is 16.8 Å². The highest BCUT2D eigenvalue weighted by Crippen LogP contribution is 2.37. The molecule has 5 heteroatoms. The van der Waals surface area contributed by atoms with Crippen molar-refractivity contribution in [3.8, 4) is 11.5 Å². The van der Waals surface area contributed by atoms with Crippen LogP contribution in [0.25, 0.3) is 0 Å². The van der Waals surface area contributed by atoms with Crippen molar-refractivity contribution in [3.63, 3.8) is 0 Å². The van der Waals surface area contributed by atoms with Crippen LogP contribution >= 0.6 is 15.9 Å². The molecule has 24 heavy (non-hydrogen) atoms. The van der Waals surface area contributed by atoms with E-state index in [9.17, 15) is 4.79 Å². The van der Waals surface area contributed by atoms with Crippen LogP contribution in [0.1, 0.15) is 42.3 Å². The van der Waals surface area contributed by atoms with E-state index < -0.39 is 0 Å². The van der Waals surface area contributed by atoms with Gasteiger partial charge in [-0.2, -0.15) is 0 Å². The van der Waals surface area contributed by atoms with Gasteiger partial charge in [0, 0.05) is 10.0 Å². The molecule has 0 atom stereocenters. The van der Waals surface area contributed by atoms with E-state index in [-0.39, 0.29) is 24.8 Å². The fourth-order valence-corrected chi connectivity index (χ4v) is 2.84. The molecule has 0 amide bonds. The highest BCUT2D eigenvalue weighted by Gasteiger charge is 2.18. The van der Waals surface area contributed by atoms with Crippen molar-refractivity contribution in [2.24, 2.45) is 0 Å². The monoisotopic (exact) mass is 390 g/mol. The van der Waals surface area contributed by atoms with Crippen molar-refractivity contribution in [2.75, 3.05) is 6.79 Å².